The first-order chi connectivity index (χ1) is 16.3. The van der Waals surface area contributed by atoms with E-state index in [4.69, 9.17) is 11.6 Å². The van der Waals surface area contributed by atoms with Gasteiger partial charge in [-0.25, -0.2) is 13.2 Å². The minimum atomic E-state index is -4.38. The highest BCUT2D eigenvalue weighted by Crippen LogP contribution is 2.64. The zero-order valence-corrected chi connectivity index (χ0v) is 18.9. The van der Waals surface area contributed by atoms with Crippen molar-refractivity contribution < 1.29 is 31.2 Å². The van der Waals surface area contributed by atoms with Crippen LogP contribution in [-0.2, 0) is 16.4 Å². The summed E-state index contributed by atoms with van der Waals surface area (Å²) in [6, 6.07) is 7.72. The molecular formula is C21H14ClF4N3O5S. The van der Waals surface area contributed by atoms with E-state index in [1.54, 1.807) is 6.07 Å². The van der Waals surface area contributed by atoms with Crippen molar-refractivity contribution in [2.45, 2.75) is 34.6 Å². The van der Waals surface area contributed by atoms with Gasteiger partial charge in [0, 0.05) is 18.3 Å². The van der Waals surface area contributed by atoms with Crippen LogP contribution in [0.4, 0.5) is 17.6 Å². The molecule has 35 heavy (non-hydrogen) atoms. The first kappa shape index (κ1) is 23.4. The average Bonchev–Trinajstić information content (AvgIpc) is 3.05. The Morgan fingerprint density at radius 1 is 1.06 bits per heavy atom. The summed E-state index contributed by atoms with van der Waals surface area (Å²) >= 11 is 5.99. The number of aryl methyl sites for hydroxylation is 1. The summed E-state index contributed by atoms with van der Waals surface area (Å²) in [5.74, 6) is -10.2. The lowest BCUT2D eigenvalue weighted by Crippen LogP contribution is -2.33. The van der Waals surface area contributed by atoms with Gasteiger partial charge in [0.05, 0.1) is 25.7 Å². The monoisotopic (exact) mass is 531 g/mol. The molecule has 0 unspecified atom stereocenters. The largest absolute Gasteiger partial charge is 0.421 e. The summed E-state index contributed by atoms with van der Waals surface area (Å²) in [7, 11) is -4.38. The molecule has 0 radical (unpaired) electrons. The predicted molar refractivity (Wildman–Crippen MR) is 116 cm³/mol. The number of hydrogen-bond donors (Lipinski definition) is 2. The smallest absolute Gasteiger partial charge is 0.362 e. The van der Waals surface area contributed by atoms with Gasteiger partial charge in [-0.15, -0.1) is 0 Å². The quantitative estimate of drug-likeness (QED) is 0.301. The van der Waals surface area contributed by atoms with E-state index in [2.05, 4.69) is 4.98 Å². The first-order valence-electron chi connectivity index (χ1n) is 10.0. The highest BCUT2D eigenvalue weighted by Gasteiger charge is 2.84. The van der Waals surface area contributed by atoms with Gasteiger partial charge in [0.25, 0.3) is 5.56 Å². The molecule has 0 saturated heterocycles. The number of H-pyrrole nitrogens is 1. The van der Waals surface area contributed by atoms with Crippen molar-refractivity contribution in [1.82, 2.24) is 14.3 Å². The molecule has 184 valence electrons. The molecule has 2 aromatic carbocycles. The summed E-state index contributed by atoms with van der Waals surface area (Å²) in [5, 5.41) is 9.48. The van der Waals surface area contributed by atoms with E-state index in [1.807, 2.05) is 0 Å². The number of benzene rings is 2. The summed E-state index contributed by atoms with van der Waals surface area (Å²) in [6.45, 7) is -0.198. The van der Waals surface area contributed by atoms with E-state index in [0.717, 1.165) is 12.1 Å². The summed E-state index contributed by atoms with van der Waals surface area (Å²) < 4.78 is 81.0. The third kappa shape index (κ3) is 3.28. The van der Waals surface area contributed by atoms with Crippen LogP contribution in [0.5, 0.6) is 0 Å². The van der Waals surface area contributed by atoms with Gasteiger partial charge >= 0.3 is 17.5 Å². The van der Waals surface area contributed by atoms with Crippen molar-refractivity contribution in [2.75, 3.05) is 0 Å². The lowest BCUT2D eigenvalue weighted by molar-refractivity contribution is -0.0278. The Morgan fingerprint density at radius 3 is 2.40 bits per heavy atom. The second-order valence-electron chi connectivity index (χ2n) is 8.16. The number of aromatic nitrogens is 3. The van der Waals surface area contributed by atoms with E-state index < -0.39 is 61.1 Å². The van der Waals surface area contributed by atoms with E-state index in [1.165, 1.54) is 29.0 Å². The second kappa shape index (κ2) is 7.34. The van der Waals surface area contributed by atoms with Crippen LogP contribution in [0, 0.1) is 5.92 Å². The fourth-order valence-electron chi connectivity index (χ4n) is 4.16. The molecule has 0 amide bonds. The van der Waals surface area contributed by atoms with E-state index in [9.17, 15) is 40.8 Å². The molecular weight excluding hydrogens is 518 g/mol. The van der Waals surface area contributed by atoms with Gasteiger partial charge in [-0.1, -0.05) is 22.4 Å². The molecule has 14 heteroatoms. The van der Waals surface area contributed by atoms with Crippen LogP contribution in [0.15, 0.2) is 62.0 Å². The molecule has 1 aliphatic carbocycles. The normalized spacial score (nSPS) is 17.3. The van der Waals surface area contributed by atoms with Crippen molar-refractivity contribution in [3.63, 3.8) is 0 Å². The summed E-state index contributed by atoms with van der Waals surface area (Å²) in [6.07, 6.45) is 0.954. The van der Waals surface area contributed by atoms with Gasteiger partial charge in [-0.3, -0.25) is 4.79 Å². The topological polar surface area (TPSA) is 114 Å². The molecule has 2 N–H and O–H groups in total. The molecule has 1 fully saturated rings. The number of halogens is 5. The highest BCUT2D eigenvalue weighted by atomic mass is 35.5. The summed E-state index contributed by atoms with van der Waals surface area (Å²) in [4.78, 5) is 25.6. The molecule has 2 heterocycles. The van der Waals surface area contributed by atoms with Crippen LogP contribution in [0.1, 0.15) is 6.42 Å². The van der Waals surface area contributed by atoms with E-state index in [-0.39, 0.29) is 21.2 Å². The highest BCUT2D eigenvalue weighted by molar-refractivity contribution is 7.91. The maximum Gasteiger partial charge on any atom is 0.362 e. The van der Waals surface area contributed by atoms with Gasteiger partial charge in [0.2, 0.25) is 9.84 Å². The molecule has 0 atom stereocenters. The van der Waals surface area contributed by atoms with Crippen molar-refractivity contribution in [1.29, 1.82) is 0 Å². The Bertz CT molecular complexity index is 1750. The van der Waals surface area contributed by atoms with Crippen molar-refractivity contribution in [3.8, 4) is 0 Å². The third-order valence-corrected chi connectivity index (χ3v) is 8.30. The molecule has 8 nitrogen and oxygen atoms in total. The number of sulfone groups is 1. The molecule has 0 aliphatic heterocycles. The Kier molecular flexibility index (Phi) is 4.91. The van der Waals surface area contributed by atoms with Crippen LogP contribution in [0.2, 0.25) is 5.02 Å². The SMILES string of the molecule is O=c1[nH]c2c(S(=O)(=O)c3ccc4ccn(CCC5C(F)(F)C5(F)F)c4c3)ccc(Cl)c2c(=O)n1O. The fraction of sp³-hybridized carbons (Fsp3) is 0.238. The number of aromatic amines is 1. The Hall–Kier alpha value is -3.32. The minimum absolute atomic E-state index is 0.198. The number of fused-ring (bicyclic) bond motifs is 2. The van der Waals surface area contributed by atoms with Gasteiger partial charge < -0.3 is 14.8 Å². The summed E-state index contributed by atoms with van der Waals surface area (Å²) in [5.41, 5.74) is -2.61. The second-order valence-corrected chi connectivity index (χ2v) is 10.5. The van der Waals surface area contributed by atoms with Crippen molar-refractivity contribution in [2.24, 2.45) is 5.92 Å². The Balaban J connectivity index is 1.59. The third-order valence-electron chi connectivity index (χ3n) is 6.19. The maximum atomic E-state index is 13.4. The lowest BCUT2D eigenvalue weighted by Gasteiger charge is -2.11. The number of nitrogens with zero attached hydrogens (tertiary/aromatic N) is 2. The van der Waals surface area contributed by atoms with Gasteiger partial charge in [0.1, 0.15) is 5.92 Å². The minimum Gasteiger partial charge on any atom is -0.421 e. The van der Waals surface area contributed by atoms with Gasteiger partial charge in [-0.05, 0) is 42.1 Å². The van der Waals surface area contributed by atoms with Crippen molar-refractivity contribution >= 4 is 43.2 Å². The van der Waals surface area contributed by atoms with Gasteiger partial charge in [-0.2, -0.15) is 17.6 Å². The van der Waals surface area contributed by atoms with Crippen LogP contribution in [-0.4, -0.2) is 39.8 Å². The zero-order valence-electron chi connectivity index (χ0n) is 17.3. The average molecular weight is 532 g/mol. The molecule has 4 aromatic rings. The first-order valence-corrected chi connectivity index (χ1v) is 11.9. The number of hydrogen-bond acceptors (Lipinski definition) is 5. The number of rotatable bonds is 5. The number of alkyl halides is 4. The van der Waals surface area contributed by atoms with Crippen LogP contribution < -0.4 is 11.2 Å². The molecule has 0 spiro atoms. The van der Waals surface area contributed by atoms with Crippen LogP contribution in [0.3, 0.4) is 0 Å². The predicted octanol–water partition coefficient (Wildman–Crippen LogP) is 3.66. The maximum absolute atomic E-state index is 13.4. The molecule has 1 saturated carbocycles. The molecule has 1 aliphatic rings. The Morgan fingerprint density at radius 2 is 1.74 bits per heavy atom. The molecule has 5 rings (SSSR count). The fourth-order valence-corrected chi connectivity index (χ4v) is 5.84. The Labute approximate surface area is 197 Å². The van der Waals surface area contributed by atoms with E-state index >= 15 is 0 Å². The van der Waals surface area contributed by atoms with Gasteiger partial charge in [0.15, 0.2) is 0 Å². The standard InChI is InChI=1S/C21H14ClF4N3O5S/c22-12-3-4-14(17-16(12)18(30)29(32)19(31)27-17)35(33,34)11-2-1-10-5-7-28(13(10)9-11)8-6-15-20(23,24)21(15,25)26/h1-5,7,9,15,32H,6,8H2,(H,27,31). The number of nitrogens with one attached hydrogen (secondary N) is 1. The molecule has 0 bridgehead atoms. The molecule has 2 aromatic heterocycles. The van der Waals surface area contributed by atoms with Crippen LogP contribution in [0.25, 0.3) is 21.8 Å². The zero-order chi connectivity index (χ0) is 25.5. The van der Waals surface area contributed by atoms with E-state index in [0.29, 0.717) is 10.9 Å². The van der Waals surface area contributed by atoms with Crippen molar-refractivity contribution in [3.05, 3.63) is 68.5 Å². The lowest BCUT2D eigenvalue weighted by atomic mass is 10.2. The van der Waals surface area contributed by atoms with Crippen LogP contribution >= 0.6 is 11.6 Å².